The first-order chi connectivity index (χ1) is 31.0. The van der Waals surface area contributed by atoms with E-state index in [1.807, 2.05) is 6.08 Å². The van der Waals surface area contributed by atoms with Crippen molar-refractivity contribution in [1.29, 1.82) is 0 Å². The SMILES string of the molecule is CCCC/C=C\CCCCCCCC(=O)OCCCCCCCC/C=C\CCCCCC(=O)NC(CO)C(O)/C=C/CCCCCCCCCCCCCCCCCCCCCC. The summed E-state index contributed by atoms with van der Waals surface area (Å²) in [4.78, 5) is 24.4. The summed E-state index contributed by atoms with van der Waals surface area (Å²) in [6.45, 7) is 4.83. The van der Waals surface area contributed by atoms with Crippen molar-refractivity contribution in [2.24, 2.45) is 0 Å². The molecular formula is C57H107NO5. The van der Waals surface area contributed by atoms with Gasteiger partial charge in [-0.05, 0) is 77.0 Å². The van der Waals surface area contributed by atoms with Crippen LogP contribution in [0.2, 0.25) is 0 Å². The zero-order valence-corrected chi connectivity index (χ0v) is 42.1. The fourth-order valence-corrected chi connectivity index (χ4v) is 8.31. The van der Waals surface area contributed by atoms with Crippen molar-refractivity contribution in [3.63, 3.8) is 0 Å². The minimum absolute atomic E-state index is 0.0252. The van der Waals surface area contributed by atoms with Crippen molar-refractivity contribution in [2.45, 2.75) is 302 Å². The Hall–Kier alpha value is -1.92. The number of unbranched alkanes of at least 4 members (excludes halogenated alkanes) is 36. The number of nitrogens with one attached hydrogen (secondary N) is 1. The van der Waals surface area contributed by atoms with E-state index >= 15 is 0 Å². The molecule has 0 fully saturated rings. The minimum atomic E-state index is -0.863. The molecule has 0 aliphatic heterocycles. The van der Waals surface area contributed by atoms with E-state index in [4.69, 9.17) is 4.74 Å². The molecule has 0 spiro atoms. The fourth-order valence-electron chi connectivity index (χ4n) is 8.31. The van der Waals surface area contributed by atoms with Crippen LogP contribution in [0.4, 0.5) is 0 Å². The van der Waals surface area contributed by atoms with E-state index in [0.29, 0.717) is 19.4 Å². The van der Waals surface area contributed by atoms with Gasteiger partial charge in [0.05, 0.1) is 25.4 Å². The third-order valence-corrected chi connectivity index (χ3v) is 12.6. The smallest absolute Gasteiger partial charge is 0.305 e. The number of carbonyl (C=O) groups excluding carboxylic acids is 2. The van der Waals surface area contributed by atoms with Gasteiger partial charge in [0.1, 0.15) is 0 Å². The third kappa shape index (κ3) is 49.4. The lowest BCUT2D eigenvalue weighted by Gasteiger charge is -2.19. The van der Waals surface area contributed by atoms with Crippen LogP contribution < -0.4 is 5.32 Å². The second-order valence-electron chi connectivity index (χ2n) is 18.9. The van der Waals surface area contributed by atoms with E-state index in [1.54, 1.807) is 6.08 Å². The van der Waals surface area contributed by atoms with Gasteiger partial charge in [0.2, 0.25) is 5.91 Å². The van der Waals surface area contributed by atoms with Crippen LogP contribution in [0.1, 0.15) is 290 Å². The maximum Gasteiger partial charge on any atom is 0.305 e. The molecule has 0 bridgehead atoms. The lowest BCUT2D eigenvalue weighted by Crippen LogP contribution is -2.45. The van der Waals surface area contributed by atoms with Crippen molar-refractivity contribution in [2.75, 3.05) is 13.2 Å². The van der Waals surface area contributed by atoms with Crippen LogP contribution in [0.25, 0.3) is 0 Å². The molecule has 0 saturated carbocycles. The van der Waals surface area contributed by atoms with Gasteiger partial charge in [0, 0.05) is 12.8 Å². The van der Waals surface area contributed by atoms with Crippen LogP contribution in [0.3, 0.4) is 0 Å². The molecule has 6 nitrogen and oxygen atoms in total. The summed E-state index contributed by atoms with van der Waals surface area (Å²) in [7, 11) is 0. The van der Waals surface area contributed by atoms with Crippen molar-refractivity contribution in [3.8, 4) is 0 Å². The Bertz CT molecular complexity index is 1020. The standard InChI is InChI=1S/C57H107NO5/c1-3-5-7-9-11-13-15-16-17-18-19-20-21-22-23-24-26-30-33-37-41-45-49-55(60)54(53-59)58-56(61)50-46-42-38-34-31-27-25-28-32-36-40-44-48-52-63-57(62)51-47-43-39-35-29-14-12-10-8-6-4-2/h10,12,27,31,45,49,54-55,59-60H,3-9,11,13-26,28-30,32-44,46-48,50-53H2,1-2H3,(H,58,61)/b12-10-,31-27-,49-45+. The molecule has 0 saturated heterocycles. The van der Waals surface area contributed by atoms with Crippen molar-refractivity contribution in [1.82, 2.24) is 5.32 Å². The first-order valence-corrected chi connectivity index (χ1v) is 27.8. The molecule has 2 unspecified atom stereocenters. The van der Waals surface area contributed by atoms with E-state index in [1.165, 1.54) is 193 Å². The van der Waals surface area contributed by atoms with Crippen molar-refractivity contribution >= 4 is 11.9 Å². The third-order valence-electron chi connectivity index (χ3n) is 12.6. The van der Waals surface area contributed by atoms with E-state index in [0.717, 1.165) is 70.6 Å². The largest absolute Gasteiger partial charge is 0.466 e. The Kier molecular flexibility index (Phi) is 51.1. The van der Waals surface area contributed by atoms with Crippen molar-refractivity contribution < 1.29 is 24.5 Å². The van der Waals surface area contributed by atoms with Crippen LogP contribution in [0.5, 0.6) is 0 Å². The minimum Gasteiger partial charge on any atom is -0.466 e. The highest BCUT2D eigenvalue weighted by atomic mass is 16.5. The molecule has 0 aromatic rings. The van der Waals surface area contributed by atoms with Gasteiger partial charge in [0.15, 0.2) is 0 Å². The molecule has 0 rings (SSSR count). The van der Waals surface area contributed by atoms with Gasteiger partial charge in [0.25, 0.3) is 0 Å². The average Bonchev–Trinajstić information content (AvgIpc) is 3.28. The van der Waals surface area contributed by atoms with Crippen LogP contribution >= 0.6 is 0 Å². The van der Waals surface area contributed by atoms with Gasteiger partial charge in [-0.3, -0.25) is 9.59 Å². The normalized spacial score (nSPS) is 12.9. The first kappa shape index (κ1) is 61.1. The second-order valence-corrected chi connectivity index (χ2v) is 18.9. The topological polar surface area (TPSA) is 95.9 Å². The monoisotopic (exact) mass is 886 g/mol. The molecule has 3 N–H and O–H groups in total. The summed E-state index contributed by atoms with van der Waals surface area (Å²) in [6.07, 6.45) is 64.5. The highest BCUT2D eigenvalue weighted by Crippen LogP contribution is 2.16. The lowest BCUT2D eigenvalue weighted by atomic mass is 10.0. The molecule has 6 heteroatoms. The predicted octanol–water partition coefficient (Wildman–Crippen LogP) is 16.9. The zero-order valence-electron chi connectivity index (χ0n) is 42.1. The van der Waals surface area contributed by atoms with Crippen LogP contribution in [0.15, 0.2) is 36.5 Å². The number of hydrogen-bond donors (Lipinski definition) is 3. The summed E-state index contributed by atoms with van der Waals surface area (Å²) in [5.74, 6) is -0.122. The van der Waals surface area contributed by atoms with Crippen molar-refractivity contribution in [3.05, 3.63) is 36.5 Å². The summed E-state index contributed by atoms with van der Waals surface area (Å²) >= 11 is 0. The van der Waals surface area contributed by atoms with Gasteiger partial charge in [-0.25, -0.2) is 0 Å². The lowest BCUT2D eigenvalue weighted by molar-refractivity contribution is -0.143. The molecular weight excluding hydrogens is 779 g/mol. The molecule has 63 heavy (non-hydrogen) atoms. The number of ether oxygens (including phenoxy) is 1. The molecule has 0 aliphatic rings. The van der Waals surface area contributed by atoms with Crippen LogP contribution in [0, 0.1) is 0 Å². The molecule has 0 heterocycles. The summed E-state index contributed by atoms with van der Waals surface area (Å²) in [6, 6.07) is -0.649. The number of hydrogen-bond acceptors (Lipinski definition) is 5. The average molecular weight is 886 g/mol. The predicted molar refractivity (Wildman–Crippen MR) is 273 cm³/mol. The van der Waals surface area contributed by atoms with Gasteiger partial charge in [-0.1, -0.05) is 237 Å². The maximum absolute atomic E-state index is 12.5. The van der Waals surface area contributed by atoms with Gasteiger partial charge in [-0.2, -0.15) is 0 Å². The number of carbonyl (C=O) groups is 2. The van der Waals surface area contributed by atoms with E-state index in [9.17, 15) is 19.8 Å². The summed E-state index contributed by atoms with van der Waals surface area (Å²) in [5.41, 5.74) is 0. The quantitative estimate of drug-likeness (QED) is 0.0321. The first-order valence-electron chi connectivity index (χ1n) is 27.8. The Morgan fingerprint density at radius 3 is 1.19 bits per heavy atom. The molecule has 0 aromatic carbocycles. The van der Waals surface area contributed by atoms with E-state index < -0.39 is 12.1 Å². The second kappa shape index (κ2) is 52.7. The number of allylic oxidation sites excluding steroid dienone is 5. The van der Waals surface area contributed by atoms with Crippen LogP contribution in [-0.4, -0.2) is 47.4 Å². The number of aliphatic hydroxyl groups excluding tert-OH is 2. The molecule has 2 atom stereocenters. The van der Waals surface area contributed by atoms with E-state index in [2.05, 4.69) is 43.5 Å². The number of esters is 1. The molecule has 0 aromatic heterocycles. The van der Waals surface area contributed by atoms with Gasteiger partial charge in [-0.15, -0.1) is 0 Å². The Labute approximate surface area is 392 Å². The number of aliphatic hydroxyl groups is 2. The Morgan fingerprint density at radius 1 is 0.429 bits per heavy atom. The van der Waals surface area contributed by atoms with Gasteiger partial charge >= 0.3 is 5.97 Å². The Balaban J connectivity index is 3.54. The fraction of sp³-hybridized carbons (Fsp3) is 0.860. The zero-order chi connectivity index (χ0) is 45.8. The highest BCUT2D eigenvalue weighted by molar-refractivity contribution is 5.76. The molecule has 0 radical (unpaired) electrons. The molecule has 0 aliphatic carbocycles. The summed E-state index contributed by atoms with van der Waals surface area (Å²) in [5, 5.41) is 23.1. The van der Waals surface area contributed by atoms with Gasteiger partial charge < -0.3 is 20.3 Å². The highest BCUT2D eigenvalue weighted by Gasteiger charge is 2.18. The summed E-state index contributed by atoms with van der Waals surface area (Å²) < 4.78 is 5.43. The Morgan fingerprint density at radius 2 is 0.762 bits per heavy atom. The molecule has 370 valence electrons. The van der Waals surface area contributed by atoms with Crippen LogP contribution in [-0.2, 0) is 14.3 Å². The molecule has 1 amide bonds. The number of amides is 1. The van der Waals surface area contributed by atoms with E-state index in [-0.39, 0.29) is 18.5 Å². The maximum atomic E-state index is 12.5. The number of rotatable bonds is 51.